The molecular formula is C25H36O3. The molecule has 5 rings (SSSR count). The third kappa shape index (κ3) is 2.41. The Morgan fingerprint density at radius 1 is 1.11 bits per heavy atom. The first kappa shape index (κ1) is 18.9. The number of hydrogen-bond acceptors (Lipinski definition) is 3. The maximum atomic E-state index is 12.2. The van der Waals surface area contributed by atoms with Crippen molar-refractivity contribution in [3.63, 3.8) is 0 Å². The Morgan fingerprint density at radius 3 is 2.64 bits per heavy atom. The molecule has 0 aromatic heterocycles. The van der Waals surface area contributed by atoms with Crippen molar-refractivity contribution in [2.45, 2.75) is 78.9 Å². The van der Waals surface area contributed by atoms with Crippen molar-refractivity contribution in [1.29, 1.82) is 0 Å². The average Bonchev–Trinajstić information content (AvgIpc) is 2.96. The van der Waals surface area contributed by atoms with Crippen LogP contribution in [0.4, 0.5) is 0 Å². The van der Waals surface area contributed by atoms with E-state index in [1.54, 1.807) is 12.7 Å². The Bertz CT molecular complexity index is 764. The van der Waals surface area contributed by atoms with Crippen LogP contribution in [0.15, 0.2) is 23.0 Å². The van der Waals surface area contributed by atoms with Crippen molar-refractivity contribution < 1.29 is 14.3 Å². The van der Waals surface area contributed by atoms with Crippen LogP contribution in [0.25, 0.3) is 0 Å². The lowest BCUT2D eigenvalue weighted by Crippen LogP contribution is -2.51. The van der Waals surface area contributed by atoms with Crippen LogP contribution < -0.4 is 0 Å². The molecule has 3 heteroatoms. The number of carbonyl (C=O) groups excluding carboxylic acids is 1. The van der Waals surface area contributed by atoms with Gasteiger partial charge in [0, 0.05) is 20.0 Å². The highest BCUT2D eigenvalue weighted by Gasteiger charge is 2.61. The second-order valence-electron chi connectivity index (χ2n) is 10.9. The Labute approximate surface area is 169 Å². The molecule has 28 heavy (non-hydrogen) atoms. The molecule has 1 heterocycles. The molecule has 0 bridgehead atoms. The van der Waals surface area contributed by atoms with E-state index in [2.05, 4.69) is 27.7 Å². The first-order chi connectivity index (χ1) is 13.3. The van der Waals surface area contributed by atoms with E-state index in [1.165, 1.54) is 31.3 Å². The van der Waals surface area contributed by atoms with Crippen molar-refractivity contribution in [2.24, 2.45) is 40.4 Å². The van der Waals surface area contributed by atoms with Crippen molar-refractivity contribution in [1.82, 2.24) is 0 Å². The summed E-state index contributed by atoms with van der Waals surface area (Å²) in [7, 11) is 1.77. The first-order valence-corrected chi connectivity index (χ1v) is 11.4. The molecule has 5 aliphatic rings. The van der Waals surface area contributed by atoms with Gasteiger partial charge in [0.1, 0.15) is 0 Å². The number of allylic oxidation sites excluding steroid dienone is 3. The van der Waals surface area contributed by atoms with E-state index in [4.69, 9.17) is 9.47 Å². The zero-order chi connectivity index (χ0) is 19.8. The molecule has 8 atom stereocenters. The fourth-order valence-corrected chi connectivity index (χ4v) is 8.55. The highest BCUT2D eigenvalue weighted by molar-refractivity contribution is 5.91. The molecule has 3 nitrogen and oxygen atoms in total. The van der Waals surface area contributed by atoms with Gasteiger partial charge < -0.3 is 9.47 Å². The second kappa shape index (κ2) is 6.20. The summed E-state index contributed by atoms with van der Waals surface area (Å²) in [5.41, 5.74) is 3.61. The van der Waals surface area contributed by atoms with Crippen LogP contribution in [0, 0.1) is 40.4 Å². The highest BCUT2D eigenvalue weighted by Crippen LogP contribution is 2.69. The summed E-state index contributed by atoms with van der Waals surface area (Å²) in [4.78, 5) is 12.2. The van der Waals surface area contributed by atoms with Crippen LogP contribution in [0.1, 0.15) is 72.6 Å². The van der Waals surface area contributed by atoms with E-state index in [-0.39, 0.29) is 17.1 Å². The standard InChI is InChI=1S/C25H36O3/c1-14-10-18-19(24(3)8-6-17(26)13-20(14)24)7-9-25(4)21(18)11-16-12-22(27-5)28-15(2)23(16)25/h13-14,16,18-19,21-22H,6-12H2,1-5H3/t14-,16-,18+,19-,21+,22-,24+,25-/m0/s1. The Morgan fingerprint density at radius 2 is 1.89 bits per heavy atom. The molecule has 1 aliphatic heterocycles. The Kier molecular flexibility index (Phi) is 4.19. The lowest BCUT2D eigenvalue weighted by Gasteiger charge is -2.59. The minimum Gasteiger partial charge on any atom is -0.470 e. The number of rotatable bonds is 1. The summed E-state index contributed by atoms with van der Waals surface area (Å²) in [6, 6.07) is 0. The minimum absolute atomic E-state index is 0.0741. The van der Waals surface area contributed by atoms with Gasteiger partial charge in [-0.05, 0) is 91.1 Å². The quantitative estimate of drug-likeness (QED) is 0.585. The maximum absolute atomic E-state index is 12.2. The maximum Gasteiger partial charge on any atom is 0.199 e. The summed E-state index contributed by atoms with van der Waals surface area (Å²) in [6.07, 6.45) is 9.91. The molecule has 0 spiro atoms. The van der Waals surface area contributed by atoms with Gasteiger partial charge in [-0.3, -0.25) is 4.79 Å². The molecule has 154 valence electrons. The van der Waals surface area contributed by atoms with E-state index in [1.807, 2.05) is 6.08 Å². The second-order valence-corrected chi connectivity index (χ2v) is 10.9. The SMILES string of the molecule is CO[C@@H]1C[C@@H]2C[C@@H]3[C@@H]4C[C@H](C)C5=CC(=O)CC[C@]5(C)[C@H]4CC[C@]3(C)C2=C(C)O1. The molecule has 3 saturated carbocycles. The van der Waals surface area contributed by atoms with Gasteiger partial charge in [0.2, 0.25) is 0 Å². The van der Waals surface area contributed by atoms with Crippen molar-refractivity contribution >= 4 is 5.78 Å². The largest absolute Gasteiger partial charge is 0.470 e. The van der Waals surface area contributed by atoms with Crippen molar-refractivity contribution in [3.8, 4) is 0 Å². The van der Waals surface area contributed by atoms with Gasteiger partial charge in [-0.15, -0.1) is 0 Å². The monoisotopic (exact) mass is 384 g/mol. The van der Waals surface area contributed by atoms with Crippen LogP contribution in [0.5, 0.6) is 0 Å². The summed E-state index contributed by atoms with van der Waals surface area (Å²) in [6.45, 7) is 9.57. The number of hydrogen-bond donors (Lipinski definition) is 0. The van der Waals surface area contributed by atoms with Gasteiger partial charge in [0.25, 0.3) is 0 Å². The fourth-order valence-electron chi connectivity index (χ4n) is 8.55. The minimum atomic E-state index is -0.0741. The number of carbonyl (C=O) groups is 1. The molecule has 0 unspecified atom stereocenters. The van der Waals surface area contributed by atoms with E-state index in [0.29, 0.717) is 17.6 Å². The van der Waals surface area contributed by atoms with E-state index < -0.39 is 0 Å². The predicted molar refractivity (Wildman–Crippen MR) is 109 cm³/mol. The summed E-state index contributed by atoms with van der Waals surface area (Å²) in [5, 5.41) is 0. The van der Waals surface area contributed by atoms with E-state index in [0.717, 1.165) is 42.8 Å². The van der Waals surface area contributed by atoms with E-state index in [9.17, 15) is 4.79 Å². The van der Waals surface area contributed by atoms with Crippen LogP contribution in [-0.2, 0) is 14.3 Å². The normalized spacial score (nSPS) is 50.2. The van der Waals surface area contributed by atoms with Crippen LogP contribution in [-0.4, -0.2) is 19.2 Å². The first-order valence-electron chi connectivity index (χ1n) is 11.4. The van der Waals surface area contributed by atoms with E-state index >= 15 is 0 Å². The van der Waals surface area contributed by atoms with Crippen LogP contribution >= 0.6 is 0 Å². The van der Waals surface area contributed by atoms with Gasteiger partial charge >= 0.3 is 0 Å². The predicted octanol–water partition coefficient (Wildman–Crippen LogP) is 5.66. The Balaban J connectivity index is 1.52. The molecule has 0 saturated heterocycles. The highest BCUT2D eigenvalue weighted by atomic mass is 16.7. The average molecular weight is 385 g/mol. The smallest absolute Gasteiger partial charge is 0.199 e. The molecular weight excluding hydrogens is 348 g/mol. The zero-order valence-corrected chi connectivity index (χ0v) is 18.2. The number of ether oxygens (including phenoxy) is 2. The Hall–Kier alpha value is -1.09. The molecule has 0 N–H and O–H groups in total. The van der Waals surface area contributed by atoms with Crippen LogP contribution in [0.2, 0.25) is 0 Å². The molecule has 3 fully saturated rings. The molecule has 0 radical (unpaired) electrons. The molecule has 4 aliphatic carbocycles. The summed E-state index contributed by atoms with van der Waals surface area (Å²) in [5.74, 6) is 4.93. The molecule has 0 aromatic carbocycles. The fraction of sp³-hybridized carbons (Fsp3) is 0.800. The number of fused-ring (bicyclic) bond motifs is 7. The van der Waals surface area contributed by atoms with Gasteiger partial charge in [-0.1, -0.05) is 26.3 Å². The van der Waals surface area contributed by atoms with Crippen molar-refractivity contribution in [3.05, 3.63) is 23.0 Å². The topological polar surface area (TPSA) is 35.5 Å². The van der Waals surface area contributed by atoms with Crippen LogP contribution in [0.3, 0.4) is 0 Å². The van der Waals surface area contributed by atoms with Gasteiger partial charge in [-0.2, -0.15) is 0 Å². The van der Waals surface area contributed by atoms with Gasteiger partial charge in [-0.25, -0.2) is 0 Å². The molecule has 0 aromatic rings. The third-order valence-corrected chi connectivity index (χ3v) is 9.66. The third-order valence-electron chi connectivity index (χ3n) is 9.66. The van der Waals surface area contributed by atoms with Gasteiger partial charge in [0.15, 0.2) is 12.1 Å². The lowest BCUT2D eigenvalue weighted by molar-refractivity contribution is -0.118. The van der Waals surface area contributed by atoms with Gasteiger partial charge in [0.05, 0.1) is 5.76 Å². The number of methoxy groups -OCH3 is 1. The molecule has 0 amide bonds. The summed E-state index contributed by atoms with van der Waals surface area (Å²) < 4.78 is 11.7. The lowest BCUT2D eigenvalue weighted by atomic mass is 9.45. The summed E-state index contributed by atoms with van der Waals surface area (Å²) >= 11 is 0. The zero-order valence-electron chi connectivity index (χ0n) is 18.2. The number of ketones is 1. The van der Waals surface area contributed by atoms with Crippen molar-refractivity contribution in [2.75, 3.05) is 7.11 Å².